The van der Waals surface area contributed by atoms with Crippen LogP contribution in [0, 0.1) is 6.92 Å². The van der Waals surface area contributed by atoms with Gasteiger partial charge in [-0.3, -0.25) is 0 Å². The third kappa shape index (κ3) is 3.86. The molecule has 1 atom stereocenters. The summed E-state index contributed by atoms with van der Waals surface area (Å²) < 4.78 is 0. The molecule has 0 saturated carbocycles. The number of hydrogen-bond donors (Lipinski definition) is 1. The number of hydrogen-bond acceptors (Lipinski definition) is 2. The molecule has 0 amide bonds. The minimum atomic E-state index is 0.533. The number of nitrogens with zero attached hydrogens (tertiary/aromatic N) is 1. The first-order valence-corrected chi connectivity index (χ1v) is 6.22. The summed E-state index contributed by atoms with van der Waals surface area (Å²) in [6, 6.07) is 9.25. The Bertz CT molecular complexity index is 309. The smallest absolute Gasteiger partial charge is 0.0369 e. The molecule has 2 nitrogen and oxygen atoms in total. The number of benzene rings is 1. The number of aryl methyl sites for hydroxylation is 1. The molecule has 0 aliphatic heterocycles. The van der Waals surface area contributed by atoms with Gasteiger partial charge in [0.2, 0.25) is 0 Å². The van der Waals surface area contributed by atoms with Gasteiger partial charge in [-0.15, -0.1) is 0 Å². The van der Waals surface area contributed by atoms with E-state index in [0.29, 0.717) is 6.04 Å². The summed E-state index contributed by atoms with van der Waals surface area (Å²) in [7, 11) is 0. The fourth-order valence-corrected chi connectivity index (χ4v) is 1.99. The summed E-state index contributed by atoms with van der Waals surface area (Å²) >= 11 is 0. The Balaban J connectivity index is 2.67. The molecule has 0 saturated heterocycles. The highest BCUT2D eigenvalue weighted by Gasteiger charge is 2.08. The highest BCUT2D eigenvalue weighted by Crippen LogP contribution is 2.15. The van der Waals surface area contributed by atoms with E-state index in [0.717, 1.165) is 19.6 Å². The van der Waals surface area contributed by atoms with Gasteiger partial charge in [0.25, 0.3) is 0 Å². The molecule has 0 aliphatic carbocycles. The molecule has 16 heavy (non-hydrogen) atoms. The van der Waals surface area contributed by atoms with Crippen molar-refractivity contribution in [3.8, 4) is 0 Å². The topological polar surface area (TPSA) is 15.3 Å². The van der Waals surface area contributed by atoms with Gasteiger partial charge in [-0.2, -0.15) is 0 Å². The average Bonchev–Trinajstić information content (AvgIpc) is 2.26. The van der Waals surface area contributed by atoms with Gasteiger partial charge in [-0.05, 0) is 45.0 Å². The summed E-state index contributed by atoms with van der Waals surface area (Å²) in [5.74, 6) is 0. The third-order valence-electron chi connectivity index (χ3n) is 2.80. The van der Waals surface area contributed by atoms with Crippen LogP contribution in [0.1, 0.15) is 26.3 Å². The van der Waals surface area contributed by atoms with E-state index in [1.807, 2.05) is 0 Å². The lowest BCUT2D eigenvalue weighted by molar-refractivity contribution is 0.555. The van der Waals surface area contributed by atoms with Crippen molar-refractivity contribution in [3.05, 3.63) is 29.8 Å². The minimum absolute atomic E-state index is 0.533. The van der Waals surface area contributed by atoms with E-state index >= 15 is 0 Å². The van der Waals surface area contributed by atoms with Crippen molar-refractivity contribution in [1.29, 1.82) is 0 Å². The predicted molar refractivity (Wildman–Crippen MR) is 72.2 cm³/mol. The zero-order valence-corrected chi connectivity index (χ0v) is 11.0. The molecule has 0 fully saturated rings. The van der Waals surface area contributed by atoms with Crippen LogP contribution in [0.4, 0.5) is 5.69 Å². The van der Waals surface area contributed by atoms with Crippen LogP contribution in [0.2, 0.25) is 0 Å². The van der Waals surface area contributed by atoms with Gasteiger partial charge in [0.1, 0.15) is 0 Å². The maximum Gasteiger partial charge on any atom is 0.0369 e. The molecule has 0 aliphatic rings. The Kier molecular flexibility index (Phi) is 5.33. The van der Waals surface area contributed by atoms with E-state index in [2.05, 4.69) is 62.2 Å². The molecular formula is C14H24N2. The average molecular weight is 220 g/mol. The van der Waals surface area contributed by atoms with Crippen LogP contribution in [0.3, 0.4) is 0 Å². The highest BCUT2D eigenvalue weighted by molar-refractivity contribution is 5.48. The van der Waals surface area contributed by atoms with Crippen molar-refractivity contribution in [2.75, 3.05) is 24.5 Å². The van der Waals surface area contributed by atoms with Gasteiger partial charge in [0, 0.05) is 24.8 Å². The Hall–Kier alpha value is -1.02. The SMILES string of the molecule is CCNC(C)CN(CC)c1cccc(C)c1. The van der Waals surface area contributed by atoms with Crippen LogP contribution in [-0.2, 0) is 0 Å². The molecule has 90 valence electrons. The standard InChI is InChI=1S/C14H24N2/c1-5-15-13(4)11-16(6-2)14-9-7-8-12(3)10-14/h7-10,13,15H,5-6,11H2,1-4H3. The summed E-state index contributed by atoms with van der Waals surface area (Å²) in [5.41, 5.74) is 2.65. The molecule has 2 heteroatoms. The molecule has 1 aromatic rings. The third-order valence-corrected chi connectivity index (χ3v) is 2.80. The molecule has 0 bridgehead atoms. The quantitative estimate of drug-likeness (QED) is 0.793. The number of likely N-dealkylation sites (N-methyl/N-ethyl adjacent to an activating group) is 2. The molecular weight excluding hydrogens is 196 g/mol. The molecule has 0 heterocycles. The van der Waals surface area contributed by atoms with E-state index < -0.39 is 0 Å². The van der Waals surface area contributed by atoms with Crippen LogP contribution in [0.5, 0.6) is 0 Å². The van der Waals surface area contributed by atoms with E-state index in [1.165, 1.54) is 11.3 Å². The minimum Gasteiger partial charge on any atom is -0.370 e. The zero-order valence-electron chi connectivity index (χ0n) is 11.0. The fourth-order valence-electron chi connectivity index (χ4n) is 1.99. The van der Waals surface area contributed by atoms with E-state index in [4.69, 9.17) is 0 Å². The Morgan fingerprint density at radius 3 is 2.62 bits per heavy atom. The van der Waals surface area contributed by atoms with Crippen molar-refractivity contribution < 1.29 is 0 Å². The molecule has 0 spiro atoms. The van der Waals surface area contributed by atoms with Crippen molar-refractivity contribution >= 4 is 5.69 Å². The molecule has 1 unspecified atom stereocenters. The molecule has 0 radical (unpaired) electrons. The van der Waals surface area contributed by atoms with Crippen LogP contribution < -0.4 is 10.2 Å². The maximum atomic E-state index is 3.45. The lowest BCUT2D eigenvalue weighted by atomic mass is 10.2. The number of anilines is 1. The van der Waals surface area contributed by atoms with Crippen molar-refractivity contribution in [2.24, 2.45) is 0 Å². The van der Waals surface area contributed by atoms with Gasteiger partial charge in [0.05, 0.1) is 0 Å². The number of nitrogens with one attached hydrogen (secondary N) is 1. The second-order valence-electron chi connectivity index (χ2n) is 4.34. The van der Waals surface area contributed by atoms with Crippen LogP contribution >= 0.6 is 0 Å². The van der Waals surface area contributed by atoms with Gasteiger partial charge in [0.15, 0.2) is 0 Å². The fraction of sp³-hybridized carbons (Fsp3) is 0.571. The predicted octanol–water partition coefficient (Wildman–Crippen LogP) is 2.82. The molecule has 1 rings (SSSR count). The first-order valence-electron chi connectivity index (χ1n) is 6.22. The lowest BCUT2D eigenvalue weighted by Crippen LogP contribution is -2.39. The van der Waals surface area contributed by atoms with Gasteiger partial charge >= 0.3 is 0 Å². The van der Waals surface area contributed by atoms with Crippen molar-refractivity contribution in [2.45, 2.75) is 33.7 Å². The van der Waals surface area contributed by atoms with Gasteiger partial charge in [-0.25, -0.2) is 0 Å². The number of rotatable bonds is 6. The molecule has 1 N–H and O–H groups in total. The lowest BCUT2D eigenvalue weighted by Gasteiger charge is -2.27. The Morgan fingerprint density at radius 2 is 2.06 bits per heavy atom. The summed E-state index contributed by atoms with van der Waals surface area (Å²) in [4.78, 5) is 2.42. The van der Waals surface area contributed by atoms with Crippen LogP contribution in [0.25, 0.3) is 0 Å². The second-order valence-corrected chi connectivity index (χ2v) is 4.34. The van der Waals surface area contributed by atoms with Crippen LogP contribution in [-0.4, -0.2) is 25.7 Å². The van der Waals surface area contributed by atoms with Crippen molar-refractivity contribution in [1.82, 2.24) is 5.32 Å². The Morgan fingerprint density at radius 1 is 1.31 bits per heavy atom. The molecule has 1 aromatic carbocycles. The summed E-state index contributed by atoms with van der Waals surface area (Å²) in [6.45, 7) is 11.9. The van der Waals surface area contributed by atoms with Gasteiger partial charge in [-0.1, -0.05) is 19.1 Å². The Labute approximate surface area is 99.7 Å². The second kappa shape index (κ2) is 6.54. The van der Waals surface area contributed by atoms with E-state index in [9.17, 15) is 0 Å². The summed E-state index contributed by atoms with van der Waals surface area (Å²) in [5, 5.41) is 3.45. The maximum absolute atomic E-state index is 3.45. The monoisotopic (exact) mass is 220 g/mol. The van der Waals surface area contributed by atoms with E-state index in [1.54, 1.807) is 0 Å². The van der Waals surface area contributed by atoms with E-state index in [-0.39, 0.29) is 0 Å². The first-order chi connectivity index (χ1) is 7.67. The first kappa shape index (κ1) is 13.0. The molecule has 0 aromatic heterocycles. The van der Waals surface area contributed by atoms with Gasteiger partial charge < -0.3 is 10.2 Å². The highest BCUT2D eigenvalue weighted by atomic mass is 15.1. The summed E-state index contributed by atoms with van der Waals surface area (Å²) in [6.07, 6.45) is 0. The largest absolute Gasteiger partial charge is 0.370 e. The van der Waals surface area contributed by atoms with Crippen molar-refractivity contribution in [3.63, 3.8) is 0 Å². The van der Waals surface area contributed by atoms with Crippen LogP contribution in [0.15, 0.2) is 24.3 Å². The normalized spacial score (nSPS) is 12.5. The zero-order chi connectivity index (χ0) is 12.0.